The molecule has 2 aromatic carbocycles. The molecule has 1 saturated heterocycles. The van der Waals surface area contributed by atoms with Crippen LogP contribution in [0.5, 0.6) is 5.75 Å². The molecule has 0 aliphatic carbocycles. The highest BCUT2D eigenvalue weighted by atomic mass is 35.5. The third kappa shape index (κ3) is 7.12. The monoisotopic (exact) mass is 455 g/mol. The lowest BCUT2D eigenvalue weighted by Gasteiger charge is -2.34. The molecule has 1 aliphatic rings. The molecule has 0 radical (unpaired) electrons. The van der Waals surface area contributed by atoms with E-state index in [1.54, 1.807) is 0 Å². The van der Waals surface area contributed by atoms with Crippen LogP contribution >= 0.6 is 11.6 Å². The van der Waals surface area contributed by atoms with Crippen molar-refractivity contribution < 1.29 is 22.7 Å². The average molecular weight is 456 g/mol. The quantitative estimate of drug-likeness (QED) is 0.676. The number of nitrogens with zero attached hydrogens (tertiary/aromatic N) is 2. The number of amides is 1. The van der Waals surface area contributed by atoms with Crippen molar-refractivity contribution in [1.82, 2.24) is 9.80 Å². The van der Waals surface area contributed by atoms with Crippen LogP contribution in [0, 0.1) is 6.92 Å². The number of carbonyl (C=O) groups is 1. The fourth-order valence-electron chi connectivity index (χ4n) is 3.39. The Hall–Kier alpha value is -2.29. The number of piperazine rings is 1. The summed E-state index contributed by atoms with van der Waals surface area (Å²) in [6.45, 7) is 6.51. The van der Waals surface area contributed by atoms with Crippen LogP contribution in [-0.2, 0) is 11.0 Å². The average Bonchev–Trinajstić information content (AvgIpc) is 2.70. The molecule has 0 unspecified atom stereocenters. The third-order valence-corrected chi connectivity index (χ3v) is 5.38. The number of alkyl halides is 3. The van der Waals surface area contributed by atoms with Gasteiger partial charge in [-0.1, -0.05) is 23.7 Å². The lowest BCUT2D eigenvalue weighted by atomic mass is 10.2. The van der Waals surface area contributed by atoms with Crippen LogP contribution in [0.4, 0.5) is 18.9 Å². The molecule has 31 heavy (non-hydrogen) atoms. The van der Waals surface area contributed by atoms with E-state index in [-0.39, 0.29) is 18.1 Å². The maximum absolute atomic E-state index is 13.0. The molecule has 3 rings (SSSR count). The van der Waals surface area contributed by atoms with Crippen molar-refractivity contribution in [3.05, 3.63) is 58.6 Å². The molecule has 0 spiro atoms. The van der Waals surface area contributed by atoms with Crippen LogP contribution in [0.2, 0.25) is 5.02 Å². The number of nitrogens with one attached hydrogen (secondary N) is 1. The standard InChI is InChI=1S/C22H25ClF3N3O2/c1-16-3-2-4-18(13-16)31-12-11-28-7-9-29(10-8-28)15-21(30)27-17-5-6-20(23)19(14-17)22(24,25)26/h2-6,13-14H,7-12,15H2,1H3,(H,27,30). The van der Waals surface area contributed by atoms with Gasteiger partial charge in [0, 0.05) is 38.4 Å². The number of halogens is 4. The van der Waals surface area contributed by atoms with Crippen molar-refractivity contribution in [2.45, 2.75) is 13.1 Å². The zero-order chi connectivity index (χ0) is 22.4. The van der Waals surface area contributed by atoms with Gasteiger partial charge >= 0.3 is 6.18 Å². The number of aryl methyl sites for hydroxylation is 1. The van der Waals surface area contributed by atoms with Gasteiger partial charge in [0.15, 0.2) is 0 Å². The van der Waals surface area contributed by atoms with Crippen LogP contribution in [0.1, 0.15) is 11.1 Å². The molecule has 168 valence electrons. The highest BCUT2D eigenvalue weighted by Gasteiger charge is 2.33. The highest BCUT2D eigenvalue weighted by molar-refractivity contribution is 6.31. The van der Waals surface area contributed by atoms with E-state index in [9.17, 15) is 18.0 Å². The first-order valence-corrected chi connectivity index (χ1v) is 10.4. The van der Waals surface area contributed by atoms with Crippen LogP contribution < -0.4 is 10.1 Å². The predicted molar refractivity (Wildman–Crippen MR) is 115 cm³/mol. The summed E-state index contributed by atoms with van der Waals surface area (Å²) in [6, 6.07) is 11.3. The first-order chi connectivity index (χ1) is 14.7. The van der Waals surface area contributed by atoms with Crippen molar-refractivity contribution in [3.63, 3.8) is 0 Å². The summed E-state index contributed by atoms with van der Waals surface area (Å²) >= 11 is 5.61. The zero-order valence-electron chi connectivity index (χ0n) is 17.2. The summed E-state index contributed by atoms with van der Waals surface area (Å²) in [4.78, 5) is 16.5. The van der Waals surface area contributed by atoms with Gasteiger partial charge in [-0.2, -0.15) is 13.2 Å². The lowest BCUT2D eigenvalue weighted by molar-refractivity contribution is -0.137. The minimum absolute atomic E-state index is 0.0775. The molecule has 2 aromatic rings. The van der Waals surface area contributed by atoms with E-state index in [1.165, 1.54) is 6.07 Å². The van der Waals surface area contributed by atoms with Gasteiger partial charge in [0.1, 0.15) is 12.4 Å². The number of ether oxygens (including phenoxy) is 1. The van der Waals surface area contributed by atoms with E-state index >= 15 is 0 Å². The Kier molecular flexibility index (Phi) is 7.80. The van der Waals surface area contributed by atoms with Crippen LogP contribution in [0.25, 0.3) is 0 Å². The van der Waals surface area contributed by atoms with Crippen molar-refractivity contribution in [1.29, 1.82) is 0 Å². The molecule has 0 aromatic heterocycles. The van der Waals surface area contributed by atoms with Gasteiger partial charge in [0.2, 0.25) is 5.91 Å². The lowest BCUT2D eigenvalue weighted by Crippen LogP contribution is -2.49. The second-order valence-corrected chi connectivity index (χ2v) is 7.93. The summed E-state index contributed by atoms with van der Waals surface area (Å²) in [5.41, 5.74) is 0.264. The normalized spacial score (nSPS) is 15.6. The molecule has 1 heterocycles. The Bertz CT molecular complexity index is 900. The van der Waals surface area contributed by atoms with Crippen molar-refractivity contribution in [2.75, 3.05) is 51.2 Å². The van der Waals surface area contributed by atoms with Crippen LogP contribution in [-0.4, -0.2) is 61.6 Å². The highest BCUT2D eigenvalue weighted by Crippen LogP contribution is 2.36. The Balaban J connectivity index is 1.40. The zero-order valence-corrected chi connectivity index (χ0v) is 18.0. The maximum Gasteiger partial charge on any atom is 0.417 e. The summed E-state index contributed by atoms with van der Waals surface area (Å²) in [6.07, 6.45) is -4.57. The van der Waals surface area contributed by atoms with Gasteiger partial charge in [0.05, 0.1) is 17.1 Å². The number of hydrogen-bond donors (Lipinski definition) is 1. The summed E-state index contributed by atoms with van der Waals surface area (Å²) in [5, 5.41) is 2.13. The minimum atomic E-state index is -4.57. The fraction of sp³-hybridized carbons (Fsp3) is 0.409. The largest absolute Gasteiger partial charge is 0.492 e. The molecule has 0 atom stereocenters. The Morgan fingerprint density at radius 3 is 2.48 bits per heavy atom. The van der Waals surface area contributed by atoms with Gasteiger partial charge < -0.3 is 10.1 Å². The van der Waals surface area contributed by atoms with Gasteiger partial charge in [-0.15, -0.1) is 0 Å². The van der Waals surface area contributed by atoms with E-state index in [4.69, 9.17) is 16.3 Å². The van der Waals surface area contributed by atoms with Crippen LogP contribution in [0.3, 0.4) is 0 Å². The predicted octanol–water partition coefficient (Wildman–Crippen LogP) is 4.30. The van der Waals surface area contributed by atoms with E-state index in [0.717, 1.165) is 43.1 Å². The number of hydrogen-bond acceptors (Lipinski definition) is 4. The topological polar surface area (TPSA) is 44.8 Å². The Labute approximate surface area is 184 Å². The molecule has 1 amide bonds. The molecule has 9 heteroatoms. The van der Waals surface area contributed by atoms with Crippen molar-refractivity contribution in [2.24, 2.45) is 0 Å². The van der Waals surface area contributed by atoms with Crippen molar-refractivity contribution >= 4 is 23.2 Å². The molecule has 0 saturated carbocycles. The SMILES string of the molecule is Cc1cccc(OCCN2CCN(CC(=O)Nc3ccc(Cl)c(C(F)(F)F)c3)CC2)c1. The minimum Gasteiger partial charge on any atom is -0.492 e. The summed E-state index contributed by atoms with van der Waals surface area (Å²) in [5.74, 6) is 0.498. The van der Waals surface area contributed by atoms with Crippen LogP contribution in [0.15, 0.2) is 42.5 Å². The van der Waals surface area contributed by atoms with E-state index in [1.807, 2.05) is 36.1 Å². The first kappa shape index (κ1) is 23.4. The third-order valence-electron chi connectivity index (χ3n) is 5.05. The maximum atomic E-state index is 13.0. The number of rotatable bonds is 7. The van der Waals surface area contributed by atoms with E-state index < -0.39 is 16.8 Å². The molecule has 0 bridgehead atoms. The number of carbonyl (C=O) groups excluding carboxylic acids is 1. The summed E-state index contributed by atoms with van der Waals surface area (Å²) < 4.78 is 44.7. The van der Waals surface area contributed by atoms with Gasteiger partial charge in [0.25, 0.3) is 0 Å². The second-order valence-electron chi connectivity index (χ2n) is 7.52. The fourth-order valence-corrected chi connectivity index (χ4v) is 3.62. The Morgan fingerprint density at radius 1 is 1.10 bits per heavy atom. The Morgan fingerprint density at radius 2 is 1.81 bits per heavy atom. The van der Waals surface area contributed by atoms with Gasteiger partial charge in [-0.3, -0.25) is 14.6 Å². The second kappa shape index (κ2) is 10.3. The molecule has 1 aliphatic heterocycles. The van der Waals surface area contributed by atoms with E-state index in [0.29, 0.717) is 19.7 Å². The molecule has 1 N–H and O–H groups in total. The van der Waals surface area contributed by atoms with Gasteiger partial charge in [-0.25, -0.2) is 0 Å². The first-order valence-electron chi connectivity index (χ1n) is 10.0. The molecular weight excluding hydrogens is 431 g/mol. The molecule has 5 nitrogen and oxygen atoms in total. The summed E-state index contributed by atoms with van der Waals surface area (Å²) in [7, 11) is 0. The molecular formula is C22H25ClF3N3O2. The smallest absolute Gasteiger partial charge is 0.417 e. The molecule has 1 fully saturated rings. The number of anilines is 1. The van der Waals surface area contributed by atoms with Gasteiger partial charge in [-0.05, 0) is 42.8 Å². The number of benzene rings is 2. The van der Waals surface area contributed by atoms with Crippen molar-refractivity contribution in [3.8, 4) is 5.75 Å². The van der Waals surface area contributed by atoms with E-state index in [2.05, 4.69) is 10.2 Å².